The molecule has 1 aliphatic rings. The molecule has 9 nitrogen and oxygen atoms in total. The maximum atomic E-state index is 13.5. The first-order valence-electron chi connectivity index (χ1n) is 12.6. The molecule has 4 rings (SSSR count). The van der Waals surface area contributed by atoms with Crippen LogP contribution in [0.15, 0.2) is 41.4 Å². The number of rotatable bonds is 9. The van der Waals surface area contributed by atoms with Crippen LogP contribution in [0.4, 0.5) is 11.4 Å². The minimum absolute atomic E-state index is 0.0699. The number of fused-ring (bicyclic) bond motifs is 1. The second-order valence-corrected chi connectivity index (χ2v) is 12.1. The largest absolute Gasteiger partial charge is 0.593 e. The van der Waals surface area contributed by atoms with Gasteiger partial charge in [0.2, 0.25) is 4.90 Å². The highest BCUT2D eigenvalue weighted by atomic mass is 32.2. The van der Waals surface area contributed by atoms with Crippen molar-refractivity contribution in [1.29, 1.82) is 0 Å². The van der Waals surface area contributed by atoms with Crippen LogP contribution in [-0.4, -0.2) is 44.1 Å². The van der Waals surface area contributed by atoms with E-state index in [1.165, 1.54) is 0 Å². The summed E-state index contributed by atoms with van der Waals surface area (Å²) in [7, 11) is 0. The Hall–Kier alpha value is -2.83. The number of carboxylic acids is 1. The van der Waals surface area contributed by atoms with Crippen LogP contribution < -0.4 is 21.3 Å². The number of ether oxygens (including phenoxy) is 1. The number of aliphatic carboxylic acids is 1. The Labute approximate surface area is 230 Å². The van der Waals surface area contributed by atoms with Gasteiger partial charge < -0.3 is 25.1 Å². The van der Waals surface area contributed by atoms with Gasteiger partial charge in [0, 0.05) is 34.5 Å². The number of hydrogen-bond acceptors (Lipinski definition) is 9. The maximum absolute atomic E-state index is 13.5. The van der Waals surface area contributed by atoms with E-state index < -0.39 is 17.3 Å². The molecule has 0 saturated carbocycles. The number of aromatic nitrogens is 1. The van der Waals surface area contributed by atoms with Gasteiger partial charge in [-0.2, -0.15) is 0 Å². The lowest BCUT2D eigenvalue weighted by atomic mass is 9.89. The number of thiophene rings is 1. The number of carbonyl (C=O) groups is 1. The summed E-state index contributed by atoms with van der Waals surface area (Å²) < 4.78 is 21.5. The lowest BCUT2D eigenvalue weighted by Crippen LogP contribution is -2.36. The molecule has 11 heteroatoms. The summed E-state index contributed by atoms with van der Waals surface area (Å²) in [5, 5.41) is 11.4. The van der Waals surface area contributed by atoms with Crippen molar-refractivity contribution < 1.29 is 19.2 Å². The Bertz CT molecular complexity index is 1300. The Morgan fingerprint density at radius 2 is 2.13 bits per heavy atom. The van der Waals surface area contributed by atoms with Crippen molar-refractivity contribution in [3.63, 3.8) is 0 Å². The molecule has 1 aromatic carbocycles. The molecule has 3 aromatic rings. The number of nitrogens with two attached hydrogens (primary N) is 2. The van der Waals surface area contributed by atoms with Crippen LogP contribution in [0.2, 0.25) is 0 Å². The van der Waals surface area contributed by atoms with Crippen molar-refractivity contribution in [2.75, 3.05) is 23.8 Å². The average Bonchev–Trinajstić information content (AvgIpc) is 3.20. The van der Waals surface area contributed by atoms with Gasteiger partial charge in [-0.3, -0.25) is 4.79 Å². The molecule has 2 unspecified atom stereocenters. The van der Waals surface area contributed by atoms with Gasteiger partial charge in [-0.25, -0.2) is 10.8 Å². The van der Waals surface area contributed by atoms with Crippen molar-refractivity contribution >= 4 is 40.0 Å². The molecule has 0 radical (unpaired) electrons. The number of nitrogen functional groups attached to an aromatic ring is 1. The van der Waals surface area contributed by atoms with Gasteiger partial charge in [-0.05, 0) is 62.1 Å². The highest BCUT2D eigenvalue weighted by molar-refractivity contribution is 7.89. The third kappa shape index (κ3) is 5.76. The number of hydrazine groups is 1. The van der Waals surface area contributed by atoms with E-state index >= 15 is 0 Å². The summed E-state index contributed by atoms with van der Waals surface area (Å²) in [6.45, 7) is 9.43. The SMILES string of the molecule is CC[C@@H]1CN(Cc2cc(C(CC(=O)O)c3ccc(N(N)CC)c(N)c3C)sc2C)[S+]([O-])c2cccnc2O1. The first kappa shape index (κ1) is 28.2. The number of carboxylic acid groups (broad SMARTS) is 1. The van der Waals surface area contributed by atoms with Gasteiger partial charge in [-0.1, -0.05) is 13.0 Å². The number of anilines is 2. The van der Waals surface area contributed by atoms with E-state index in [1.54, 1.807) is 34.7 Å². The van der Waals surface area contributed by atoms with Crippen molar-refractivity contribution in [3.05, 3.63) is 63.0 Å². The van der Waals surface area contributed by atoms with Crippen molar-refractivity contribution in [1.82, 2.24) is 9.29 Å². The van der Waals surface area contributed by atoms with Gasteiger partial charge >= 0.3 is 5.97 Å². The van der Waals surface area contributed by atoms with Crippen LogP contribution in [0.5, 0.6) is 5.88 Å². The maximum Gasteiger partial charge on any atom is 0.304 e. The summed E-state index contributed by atoms with van der Waals surface area (Å²) in [4.78, 5) is 18.8. The number of pyridine rings is 1. The van der Waals surface area contributed by atoms with Gasteiger partial charge in [0.1, 0.15) is 6.10 Å². The second-order valence-electron chi connectivity index (χ2n) is 9.41. The lowest BCUT2D eigenvalue weighted by Gasteiger charge is -2.24. The first-order valence-corrected chi connectivity index (χ1v) is 14.6. The molecule has 0 fully saturated rings. The van der Waals surface area contributed by atoms with Gasteiger partial charge in [0.25, 0.3) is 5.88 Å². The minimum Gasteiger partial charge on any atom is -0.593 e. The molecule has 0 saturated heterocycles. The Kier molecular flexibility index (Phi) is 8.84. The number of nitrogens with zero attached hydrogens (tertiary/aromatic N) is 3. The fourth-order valence-corrected chi connectivity index (χ4v) is 7.14. The van der Waals surface area contributed by atoms with Crippen molar-refractivity contribution in [2.45, 2.75) is 64.0 Å². The highest BCUT2D eigenvalue weighted by Gasteiger charge is 2.35. The molecule has 0 aliphatic carbocycles. The van der Waals surface area contributed by atoms with Gasteiger partial charge in [0.05, 0.1) is 42.2 Å². The molecule has 2 aromatic heterocycles. The van der Waals surface area contributed by atoms with Crippen LogP contribution in [0.3, 0.4) is 0 Å². The highest BCUT2D eigenvalue weighted by Crippen LogP contribution is 2.40. The van der Waals surface area contributed by atoms with E-state index in [2.05, 4.69) is 4.98 Å². The summed E-state index contributed by atoms with van der Waals surface area (Å²) in [6, 6.07) is 9.38. The quantitative estimate of drug-likeness (QED) is 0.152. The normalized spacial score (nSPS) is 18.4. The van der Waals surface area contributed by atoms with Crippen LogP contribution >= 0.6 is 11.3 Å². The molecule has 3 heterocycles. The number of benzene rings is 1. The van der Waals surface area contributed by atoms with E-state index in [0.717, 1.165) is 38.6 Å². The van der Waals surface area contributed by atoms with E-state index in [-0.39, 0.29) is 18.4 Å². The topological polar surface area (TPSA) is 141 Å². The number of aryl methyl sites for hydroxylation is 1. The van der Waals surface area contributed by atoms with Gasteiger partial charge in [0.15, 0.2) is 0 Å². The monoisotopic (exact) mass is 557 g/mol. The van der Waals surface area contributed by atoms with E-state index in [0.29, 0.717) is 36.1 Å². The molecular formula is C27H35N5O4S2. The molecule has 3 atom stereocenters. The van der Waals surface area contributed by atoms with Gasteiger partial charge in [-0.15, -0.1) is 15.6 Å². The third-order valence-corrected chi connectivity index (χ3v) is 9.61. The molecule has 1 aliphatic heterocycles. The van der Waals surface area contributed by atoms with Crippen LogP contribution in [0.25, 0.3) is 0 Å². The Morgan fingerprint density at radius 3 is 2.82 bits per heavy atom. The Balaban J connectivity index is 1.68. The predicted molar refractivity (Wildman–Crippen MR) is 152 cm³/mol. The second kappa shape index (κ2) is 11.9. The molecular weight excluding hydrogens is 522 g/mol. The van der Waals surface area contributed by atoms with E-state index in [9.17, 15) is 14.5 Å². The standard InChI is InChI=1S/C27H35N5O4S2/c1-5-19-15-31(38(35)24-8-7-11-30-27(24)36-19)14-18-12-23(37-17(18)4)21(13-25(33)34)20-9-10-22(32(29)6-2)26(28)16(20)3/h7-12,19,21H,5-6,13-15,28-29H2,1-4H3,(H,33,34)/t19-,21?,38?/m1/s1. The average molecular weight is 558 g/mol. The van der Waals surface area contributed by atoms with Crippen LogP contribution in [0, 0.1) is 13.8 Å². The van der Waals surface area contributed by atoms with Crippen molar-refractivity contribution in [3.8, 4) is 5.88 Å². The summed E-state index contributed by atoms with van der Waals surface area (Å²) in [5.74, 6) is 5.24. The van der Waals surface area contributed by atoms with Crippen molar-refractivity contribution in [2.24, 2.45) is 5.84 Å². The summed E-state index contributed by atoms with van der Waals surface area (Å²) in [5.41, 5.74) is 10.4. The number of hydrogen-bond donors (Lipinski definition) is 3. The zero-order chi connectivity index (χ0) is 27.6. The minimum atomic E-state index is -1.44. The molecule has 204 valence electrons. The lowest BCUT2D eigenvalue weighted by molar-refractivity contribution is -0.137. The van der Waals surface area contributed by atoms with Crippen LogP contribution in [0.1, 0.15) is 59.1 Å². The zero-order valence-corrected chi connectivity index (χ0v) is 23.8. The van der Waals surface area contributed by atoms with Crippen LogP contribution in [-0.2, 0) is 22.7 Å². The molecule has 38 heavy (non-hydrogen) atoms. The molecule has 0 spiro atoms. The third-order valence-electron chi connectivity index (χ3n) is 6.97. The smallest absolute Gasteiger partial charge is 0.304 e. The summed E-state index contributed by atoms with van der Waals surface area (Å²) in [6.07, 6.45) is 2.19. The first-order chi connectivity index (χ1) is 18.1. The zero-order valence-electron chi connectivity index (χ0n) is 22.1. The van der Waals surface area contributed by atoms with E-state index in [4.69, 9.17) is 16.3 Å². The fourth-order valence-electron chi connectivity index (χ4n) is 4.69. The van der Waals surface area contributed by atoms with E-state index in [1.807, 2.05) is 50.2 Å². The predicted octanol–water partition coefficient (Wildman–Crippen LogP) is 4.34. The fraction of sp³-hybridized carbons (Fsp3) is 0.407. The summed E-state index contributed by atoms with van der Waals surface area (Å²) >= 11 is 0.128. The molecule has 0 amide bonds. The molecule has 0 bridgehead atoms. The Morgan fingerprint density at radius 1 is 1.37 bits per heavy atom. The molecule has 5 N–H and O–H groups in total.